The van der Waals surface area contributed by atoms with E-state index < -0.39 is 14.2 Å². The number of benzene rings is 1. The van der Waals surface area contributed by atoms with Crippen LogP contribution in [0.15, 0.2) is 30.5 Å². The van der Waals surface area contributed by atoms with Gasteiger partial charge in [0, 0.05) is 0 Å². The molecule has 0 saturated carbocycles. The van der Waals surface area contributed by atoms with Crippen LogP contribution in [0.4, 0.5) is 17.5 Å². The van der Waals surface area contributed by atoms with Gasteiger partial charge in [-0.05, 0) is 0 Å². The van der Waals surface area contributed by atoms with Gasteiger partial charge in [0.2, 0.25) is 0 Å². The molecule has 0 fully saturated rings. The van der Waals surface area contributed by atoms with Crippen LogP contribution in [0.3, 0.4) is 0 Å². The Morgan fingerprint density at radius 3 is 2.73 bits per heavy atom. The van der Waals surface area contributed by atoms with Crippen molar-refractivity contribution in [3.63, 3.8) is 0 Å². The normalized spacial score (nSPS) is 11.2. The quantitative estimate of drug-likeness (QED) is 0.392. The van der Waals surface area contributed by atoms with Crippen LogP contribution in [0.1, 0.15) is 0 Å². The van der Waals surface area contributed by atoms with E-state index in [9.17, 15) is 11.9 Å². The summed E-state index contributed by atoms with van der Waals surface area (Å²) in [5.74, 6) is 0.716. The number of aromatic nitrogens is 2. The predicted molar refractivity (Wildman–Crippen MR) is 79.3 cm³/mol. The van der Waals surface area contributed by atoms with Gasteiger partial charge in [-0.15, -0.1) is 0 Å². The topological polar surface area (TPSA) is 151 Å². The Labute approximate surface area is 128 Å². The first-order valence-corrected chi connectivity index (χ1v) is 9.58. The van der Waals surface area contributed by atoms with Crippen molar-refractivity contribution in [2.75, 3.05) is 24.3 Å². The summed E-state index contributed by atoms with van der Waals surface area (Å²) in [5.41, 5.74) is 5.78. The van der Waals surface area contributed by atoms with Gasteiger partial charge < -0.3 is 0 Å². The van der Waals surface area contributed by atoms with E-state index in [4.69, 9.17) is 15.6 Å². The van der Waals surface area contributed by atoms with Gasteiger partial charge in [-0.2, -0.15) is 0 Å². The molecule has 2 rings (SSSR count). The number of hydrogen-bond acceptors (Lipinski definition) is 7. The monoisotopic (exact) mass is 370 g/mol. The summed E-state index contributed by atoms with van der Waals surface area (Å²) in [6.45, 7) is -0.148. The molecule has 22 heavy (non-hydrogen) atoms. The Balaban J connectivity index is 2.38. The molecule has 9 nitrogen and oxygen atoms in total. The Hall–Kier alpha value is -2.06. The molecule has 0 radical (unpaired) electrons. The number of hydrogen-bond donors (Lipinski definition) is 5. The molecule has 0 aliphatic heterocycles. The van der Waals surface area contributed by atoms with Crippen molar-refractivity contribution in [3.05, 3.63) is 30.5 Å². The number of anilines is 3. The van der Waals surface area contributed by atoms with Gasteiger partial charge in [-0.25, -0.2) is 0 Å². The number of rotatable bonds is 6. The van der Waals surface area contributed by atoms with E-state index in [0.717, 1.165) is 0 Å². The molecule has 0 aliphatic rings. The zero-order chi connectivity index (χ0) is 16.2. The third-order valence-electron chi connectivity index (χ3n) is 2.59. The van der Waals surface area contributed by atoms with Gasteiger partial charge in [-0.3, -0.25) is 0 Å². The van der Waals surface area contributed by atoms with Crippen molar-refractivity contribution in [3.8, 4) is 5.75 Å². The fourth-order valence-corrected chi connectivity index (χ4v) is 2.85. The summed E-state index contributed by atoms with van der Waals surface area (Å²) in [6, 6.07) is 5.52. The number of nitrogens with zero attached hydrogens (tertiary/aromatic N) is 2. The van der Waals surface area contributed by atoms with Crippen molar-refractivity contribution in [2.24, 2.45) is 0 Å². The molecule has 6 N–H and O–H groups in total. The Morgan fingerprint density at radius 2 is 2.09 bits per heavy atom. The van der Waals surface area contributed by atoms with Crippen molar-refractivity contribution >= 4 is 36.0 Å². The number of nitrogens with two attached hydrogens (primary N) is 1. The second-order valence-corrected chi connectivity index (χ2v) is 7.59. The molecule has 0 atom stereocenters. The first-order valence-electron chi connectivity index (χ1n) is 6.19. The van der Waals surface area contributed by atoms with Crippen molar-refractivity contribution < 1.29 is 21.8 Å². The van der Waals surface area contributed by atoms with Gasteiger partial charge >= 0.3 is 128 Å². The summed E-state index contributed by atoms with van der Waals surface area (Å²) in [5, 5.41) is 11.7. The molecule has 0 amide bonds. The predicted octanol–water partition coefficient (Wildman–Crippen LogP) is -1.27. The van der Waals surface area contributed by atoms with Crippen LogP contribution in [0.2, 0.25) is 0 Å². The summed E-state index contributed by atoms with van der Waals surface area (Å²) in [6.07, 6.45) is 1.44. The van der Waals surface area contributed by atoms with Gasteiger partial charge in [-0.1, -0.05) is 0 Å². The van der Waals surface area contributed by atoms with Crippen LogP contribution in [-0.4, -0.2) is 50.7 Å². The van der Waals surface area contributed by atoms with Crippen LogP contribution in [0.5, 0.6) is 5.75 Å². The molecular weight excluding hydrogens is 355 g/mol. The van der Waals surface area contributed by atoms with Gasteiger partial charge in [0.25, 0.3) is 0 Å². The van der Waals surface area contributed by atoms with Crippen LogP contribution < -0.4 is 20.1 Å². The van der Waals surface area contributed by atoms with E-state index in [1.807, 2.05) is 0 Å². The van der Waals surface area contributed by atoms with Crippen LogP contribution in [0.25, 0.3) is 0 Å². The zero-order valence-corrected chi connectivity index (χ0v) is 13.3. The molecule has 1 aromatic heterocycles. The van der Waals surface area contributed by atoms with E-state index in [-0.39, 0.29) is 23.5 Å². The second-order valence-electron chi connectivity index (χ2n) is 4.22. The fraction of sp³-hybridized carbons (Fsp3) is 0.167. The summed E-state index contributed by atoms with van der Waals surface area (Å²) in [4.78, 5) is 7.69. The van der Waals surface area contributed by atoms with Crippen molar-refractivity contribution in [1.82, 2.24) is 9.97 Å². The van der Waals surface area contributed by atoms with Crippen LogP contribution in [0, 0.1) is 0 Å². The summed E-state index contributed by atoms with van der Waals surface area (Å²) >= 11 is -5.05. The number of ether oxygens (including phenoxy) is 1. The van der Waals surface area contributed by atoms with E-state index in [2.05, 4.69) is 15.3 Å². The maximum absolute atomic E-state index is 11.4. The molecule has 1 heterocycles. The Bertz CT molecular complexity index is 706. The Kier molecular flexibility index (Phi) is 5.04. The van der Waals surface area contributed by atoms with Crippen LogP contribution in [-0.2, 0) is 3.74 Å². The molecule has 0 aliphatic carbocycles. The summed E-state index contributed by atoms with van der Waals surface area (Å²) < 4.78 is 35.2. The average molecular weight is 370 g/mol. The summed E-state index contributed by atoms with van der Waals surface area (Å²) in [7, 11) is 0. The minimum absolute atomic E-state index is 0.0425. The van der Waals surface area contributed by atoms with E-state index in [0.29, 0.717) is 17.3 Å². The number of aliphatic hydroxyl groups excluding tert-OH is 1. The molecule has 10 heteroatoms. The maximum atomic E-state index is 11.4. The molecule has 0 spiro atoms. The first-order chi connectivity index (χ1) is 10.4. The SMILES string of the molecule is Nc1nccc(Nc2cc([As](=O)(O)O)ccc2OCCO)n1. The molecule has 0 unspecified atom stereocenters. The van der Waals surface area contributed by atoms with Crippen LogP contribution >= 0.6 is 0 Å². The van der Waals surface area contributed by atoms with Crippen molar-refractivity contribution in [2.45, 2.75) is 0 Å². The molecule has 1 aromatic carbocycles. The van der Waals surface area contributed by atoms with E-state index in [1.165, 1.54) is 24.4 Å². The van der Waals surface area contributed by atoms with Gasteiger partial charge in [0.05, 0.1) is 0 Å². The van der Waals surface area contributed by atoms with E-state index >= 15 is 0 Å². The number of nitrogens with one attached hydrogen (secondary N) is 1. The molecule has 0 saturated heterocycles. The average Bonchev–Trinajstić information content (AvgIpc) is 2.45. The second kappa shape index (κ2) is 6.80. The van der Waals surface area contributed by atoms with Gasteiger partial charge in [0.15, 0.2) is 0 Å². The third-order valence-corrected chi connectivity index (χ3v) is 4.58. The Morgan fingerprint density at radius 1 is 1.32 bits per heavy atom. The standard InChI is InChI=1S/C12H15AsN4O5/c14-12-15-4-3-11(17-12)16-9-7-8(13(19,20)21)1-2-10(9)22-6-5-18/h1-4,7,18H,5-6H2,(H2,19,20,21)(H3,14,15,16,17). The molecular formula is C12H15AsN4O5. The van der Waals surface area contributed by atoms with Crippen molar-refractivity contribution in [1.29, 1.82) is 0 Å². The minimum atomic E-state index is -5.05. The fourth-order valence-electron chi connectivity index (χ4n) is 1.66. The number of aliphatic hydroxyl groups is 1. The first kappa shape index (κ1) is 16.3. The zero-order valence-electron chi connectivity index (χ0n) is 11.4. The molecule has 2 aromatic rings. The third kappa shape index (κ3) is 4.22. The molecule has 0 bridgehead atoms. The molecule has 118 valence electrons. The number of nitrogen functional groups attached to an aromatic ring is 1. The van der Waals surface area contributed by atoms with E-state index in [1.54, 1.807) is 6.07 Å². The van der Waals surface area contributed by atoms with Gasteiger partial charge in [0.1, 0.15) is 0 Å².